The summed E-state index contributed by atoms with van der Waals surface area (Å²) in [7, 11) is -3.95. The number of sulfonamides is 1. The lowest BCUT2D eigenvalue weighted by molar-refractivity contribution is -0.140. The zero-order valence-corrected chi connectivity index (χ0v) is 26.4. The van der Waals surface area contributed by atoms with E-state index < -0.39 is 28.5 Å². The lowest BCUT2D eigenvalue weighted by Crippen LogP contribution is -2.55. The Kier molecular flexibility index (Phi) is 11.2. The molecular formula is C31H34Cl3N3O4S. The van der Waals surface area contributed by atoms with Gasteiger partial charge in [-0.2, -0.15) is 0 Å². The summed E-state index contributed by atoms with van der Waals surface area (Å²) in [5.41, 5.74) is 1.69. The van der Waals surface area contributed by atoms with Crippen LogP contribution in [0.15, 0.2) is 72.8 Å². The van der Waals surface area contributed by atoms with Gasteiger partial charge >= 0.3 is 0 Å². The van der Waals surface area contributed by atoms with E-state index in [1.165, 1.54) is 23.1 Å². The molecule has 7 nitrogen and oxygen atoms in total. The predicted molar refractivity (Wildman–Crippen MR) is 170 cm³/mol. The Morgan fingerprint density at radius 1 is 0.881 bits per heavy atom. The molecule has 11 heteroatoms. The minimum Gasteiger partial charge on any atom is -0.352 e. The number of carbonyl (C=O) groups excluding carboxylic acids is 2. The van der Waals surface area contributed by atoms with Gasteiger partial charge in [-0.05, 0) is 54.3 Å². The number of nitrogens with zero attached hydrogens (tertiary/aromatic N) is 2. The van der Waals surface area contributed by atoms with E-state index in [0.717, 1.165) is 48.2 Å². The molecule has 3 aromatic rings. The number of anilines is 1. The lowest BCUT2D eigenvalue weighted by Gasteiger charge is -2.35. The highest BCUT2D eigenvalue weighted by Crippen LogP contribution is 2.31. The Labute approximate surface area is 262 Å². The molecule has 42 heavy (non-hydrogen) atoms. The maximum atomic E-state index is 14.2. The zero-order valence-electron chi connectivity index (χ0n) is 23.3. The van der Waals surface area contributed by atoms with Crippen molar-refractivity contribution < 1.29 is 18.0 Å². The number of halogens is 3. The van der Waals surface area contributed by atoms with Crippen LogP contribution in [0.4, 0.5) is 5.69 Å². The number of rotatable bonds is 11. The number of carbonyl (C=O) groups is 2. The molecule has 0 unspecified atom stereocenters. The molecule has 0 aromatic heterocycles. The molecular weight excluding hydrogens is 617 g/mol. The molecule has 3 aromatic carbocycles. The molecule has 1 atom stereocenters. The molecule has 4 rings (SSSR count). The molecule has 0 spiro atoms. The molecule has 224 valence electrons. The van der Waals surface area contributed by atoms with Gasteiger partial charge in [-0.3, -0.25) is 13.9 Å². The highest BCUT2D eigenvalue weighted by molar-refractivity contribution is 7.92. The van der Waals surface area contributed by atoms with E-state index >= 15 is 0 Å². The van der Waals surface area contributed by atoms with Crippen molar-refractivity contribution in [2.75, 3.05) is 17.1 Å². The van der Waals surface area contributed by atoms with Crippen LogP contribution in [0.2, 0.25) is 15.1 Å². The van der Waals surface area contributed by atoms with Crippen molar-refractivity contribution in [3.05, 3.63) is 99.0 Å². The van der Waals surface area contributed by atoms with Crippen LogP contribution >= 0.6 is 34.8 Å². The van der Waals surface area contributed by atoms with Crippen LogP contribution in [-0.2, 0) is 32.6 Å². The Bertz CT molecular complexity index is 1500. The minimum atomic E-state index is -3.95. The zero-order chi connectivity index (χ0) is 30.3. The van der Waals surface area contributed by atoms with Gasteiger partial charge in [0.15, 0.2) is 0 Å². The van der Waals surface area contributed by atoms with E-state index in [-0.39, 0.29) is 35.6 Å². The quantitative estimate of drug-likeness (QED) is 0.257. The monoisotopic (exact) mass is 649 g/mol. The molecule has 1 saturated carbocycles. The van der Waals surface area contributed by atoms with Gasteiger partial charge in [-0.25, -0.2) is 8.42 Å². The largest absolute Gasteiger partial charge is 0.352 e. The number of hydrogen-bond donors (Lipinski definition) is 1. The average Bonchev–Trinajstić information content (AvgIpc) is 2.94. The van der Waals surface area contributed by atoms with Crippen LogP contribution in [-0.4, -0.2) is 50.0 Å². The molecule has 2 amide bonds. The van der Waals surface area contributed by atoms with Gasteiger partial charge in [-0.1, -0.05) is 96.5 Å². The number of hydrogen-bond acceptors (Lipinski definition) is 4. The van der Waals surface area contributed by atoms with Crippen molar-refractivity contribution >= 4 is 62.3 Å². The topological polar surface area (TPSA) is 86.8 Å². The maximum absolute atomic E-state index is 14.2. The number of amides is 2. The summed E-state index contributed by atoms with van der Waals surface area (Å²) >= 11 is 18.7. The summed E-state index contributed by atoms with van der Waals surface area (Å²) in [5.74, 6) is -0.845. The minimum absolute atomic E-state index is 0.0213. The fourth-order valence-electron chi connectivity index (χ4n) is 5.21. The molecule has 1 fully saturated rings. The summed E-state index contributed by atoms with van der Waals surface area (Å²) in [5, 5.41) is 4.07. The number of benzene rings is 3. The van der Waals surface area contributed by atoms with E-state index in [9.17, 15) is 18.0 Å². The fourth-order valence-corrected chi connectivity index (χ4v) is 6.84. The van der Waals surface area contributed by atoms with E-state index in [1.54, 1.807) is 18.2 Å². The SMILES string of the molecule is CS(=O)(=O)N(CC(=O)N(Cc1cccc(Cl)c1)[C@@H](Cc1ccccc1)C(=O)NC1CCCCC1)c1ccc(Cl)cc1Cl. The Morgan fingerprint density at radius 3 is 2.19 bits per heavy atom. The van der Waals surface area contributed by atoms with Crippen molar-refractivity contribution in [2.24, 2.45) is 0 Å². The predicted octanol–water partition coefficient (Wildman–Crippen LogP) is 6.50. The van der Waals surface area contributed by atoms with Gasteiger partial charge in [0.25, 0.3) is 0 Å². The average molecular weight is 651 g/mol. The van der Waals surface area contributed by atoms with Crippen LogP contribution in [0.5, 0.6) is 0 Å². The molecule has 1 N–H and O–H groups in total. The highest BCUT2D eigenvalue weighted by Gasteiger charge is 2.34. The summed E-state index contributed by atoms with van der Waals surface area (Å²) < 4.78 is 26.9. The van der Waals surface area contributed by atoms with Gasteiger partial charge in [-0.15, -0.1) is 0 Å². The van der Waals surface area contributed by atoms with Crippen LogP contribution in [0.25, 0.3) is 0 Å². The van der Waals surface area contributed by atoms with Gasteiger partial charge < -0.3 is 10.2 Å². The third-order valence-electron chi connectivity index (χ3n) is 7.32. The highest BCUT2D eigenvalue weighted by atomic mass is 35.5. The normalized spacial score (nSPS) is 14.7. The second-order valence-electron chi connectivity index (χ2n) is 10.6. The first-order valence-electron chi connectivity index (χ1n) is 13.8. The second kappa shape index (κ2) is 14.6. The molecule has 0 bridgehead atoms. The van der Waals surface area contributed by atoms with Gasteiger partial charge in [0, 0.05) is 29.1 Å². The van der Waals surface area contributed by atoms with Crippen molar-refractivity contribution in [1.29, 1.82) is 0 Å². The second-order valence-corrected chi connectivity index (χ2v) is 13.8. The first-order chi connectivity index (χ1) is 20.0. The smallest absolute Gasteiger partial charge is 0.244 e. The van der Waals surface area contributed by atoms with Gasteiger partial charge in [0.05, 0.1) is 17.0 Å². The van der Waals surface area contributed by atoms with Crippen LogP contribution in [0.1, 0.15) is 43.2 Å². The van der Waals surface area contributed by atoms with Crippen LogP contribution in [0, 0.1) is 0 Å². The Hall–Kier alpha value is -2.78. The number of nitrogens with one attached hydrogen (secondary N) is 1. The van der Waals surface area contributed by atoms with E-state index in [1.807, 2.05) is 36.4 Å². The third-order valence-corrected chi connectivity index (χ3v) is 9.22. The Balaban J connectivity index is 1.74. The first kappa shape index (κ1) is 32.1. The van der Waals surface area contributed by atoms with Gasteiger partial charge in [0.1, 0.15) is 12.6 Å². The molecule has 1 aliphatic carbocycles. The van der Waals surface area contributed by atoms with E-state index in [0.29, 0.717) is 15.6 Å². The van der Waals surface area contributed by atoms with Gasteiger partial charge in [0.2, 0.25) is 21.8 Å². The van der Waals surface area contributed by atoms with E-state index in [4.69, 9.17) is 34.8 Å². The lowest BCUT2D eigenvalue weighted by atomic mass is 9.94. The van der Waals surface area contributed by atoms with Crippen molar-refractivity contribution in [1.82, 2.24) is 10.2 Å². The maximum Gasteiger partial charge on any atom is 0.244 e. The van der Waals surface area contributed by atoms with E-state index in [2.05, 4.69) is 5.32 Å². The summed E-state index contributed by atoms with van der Waals surface area (Å²) in [4.78, 5) is 29.6. The van der Waals surface area contributed by atoms with Crippen molar-refractivity contribution in [3.8, 4) is 0 Å². The third kappa shape index (κ3) is 8.86. The van der Waals surface area contributed by atoms with Crippen LogP contribution in [0.3, 0.4) is 0 Å². The molecule has 1 aliphatic rings. The molecule has 0 radical (unpaired) electrons. The first-order valence-corrected chi connectivity index (χ1v) is 16.8. The molecule has 0 saturated heterocycles. The molecule has 0 heterocycles. The summed E-state index contributed by atoms with van der Waals surface area (Å²) in [6.07, 6.45) is 6.20. The standard InChI is InChI=1S/C31H34Cl3N3O4S/c1-42(40,41)37(28-16-15-25(33)19-27(28)34)21-30(38)36(20-23-11-8-12-24(32)17-23)29(18-22-9-4-2-5-10-22)31(39)35-26-13-6-3-7-14-26/h2,4-5,8-12,15-17,19,26,29H,3,6-7,13-14,18,20-21H2,1H3,(H,35,39)/t29-/m0/s1. The Morgan fingerprint density at radius 2 is 1.55 bits per heavy atom. The fraction of sp³-hybridized carbons (Fsp3) is 0.355. The summed E-state index contributed by atoms with van der Waals surface area (Å²) in [6, 6.07) is 20.0. The van der Waals surface area contributed by atoms with Crippen molar-refractivity contribution in [3.63, 3.8) is 0 Å². The summed E-state index contributed by atoms with van der Waals surface area (Å²) in [6.45, 7) is -0.524. The van der Waals surface area contributed by atoms with Crippen LogP contribution < -0.4 is 9.62 Å². The molecule has 0 aliphatic heterocycles. The van der Waals surface area contributed by atoms with Crippen molar-refractivity contribution in [2.45, 2.75) is 57.2 Å².